The molecule has 1 heterocycles. The maximum atomic E-state index is 5.75. The fourth-order valence-corrected chi connectivity index (χ4v) is 2.77. The van der Waals surface area contributed by atoms with Crippen molar-refractivity contribution in [3.8, 4) is 0 Å². The zero-order valence-electron chi connectivity index (χ0n) is 10.9. The Balaban J connectivity index is 1.95. The number of hydrogen-bond donors (Lipinski definition) is 2. The summed E-state index contributed by atoms with van der Waals surface area (Å²) in [5.74, 6) is 1.05. The van der Waals surface area contributed by atoms with E-state index in [1.165, 1.54) is 0 Å². The first-order valence-electron chi connectivity index (χ1n) is 6.33. The van der Waals surface area contributed by atoms with E-state index < -0.39 is 0 Å². The first-order valence-corrected chi connectivity index (χ1v) is 7.32. The molecule has 3 N–H and O–H groups in total. The Morgan fingerprint density at radius 3 is 2.83 bits per heavy atom. The topological polar surface area (TPSA) is 57.9 Å². The van der Waals surface area contributed by atoms with Crippen LogP contribution >= 0.6 is 11.8 Å². The molecule has 18 heavy (non-hydrogen) atoms. The van der Waals surface area contributed by atoms with E-state index in [2.05, 4.69) is 28.7 Å². The van der Waals surface area contributed by atoms with Crippen LogP contribution in [-0.2, 0) is 0 Å². The number of aromatic nitrogens is 2. The molecular weight excluding hydrogens is 244 g/mol. The highest BCUT2D eigenvalue weighted by Crippen LogP contribution is 2.21. The number of fused-ring (bicyclic) bond motifs is 1. The van der Waals surface area contributed by atoms with Crippen LogP contribution in [0.15, 0.2) is 23.4 Å². The molecule has 2 rings (SSSR count). The Morgan fingerprint density at radius 2 is 2.11 bits per heavy atom. The first-order chi connectivity index (χ1) is 8.72. The van der Waals surface area contributed by atoms with Crippen LogP contribution in [0.25, 0.3) is 11.0 Å². The zero-order chi connectivity index (χ0) is 13.0. The van der Waals surface area contributed by atoms with Crippen molar-refractivity contribution in [3.63, 3.8) is 0 Å². The molecule has 2 aromatic rings. The molecule has 0 saturated carbocycles. The Morgan fingerprint density at radius 1 is 1.33 bits per heavy atom. The van der Waals surface area contributed by atoms with Crippen molar-refractivity contribution >= 4 is 28.5 Å². The maximum absolute atomic E-state index is 5.75. The number of rotatable bonds is 6. The van der Waals surface area contributed by atoms with Gasteiger partial charge in [0, 0.05) is 18.0 Å². The molecule has 0 aliphatic heterocycles. The third kappa shape index (κ3) is 3.17. The summed E-state index contributed by atoms with van der Waals surface area (Å²) in [6, 6.07) is 5.76. The van der Waals surface area contributed by atoms with Crippen LogP contribution in [0.1, 0.15) is 13.8 Å². The quantitative estimate of drug-likeness (QED) is 0.622. The number of thioether (sulfide) groups is 1. The van der Waals surface area contributed by atoms with Gasteiger partial charge in [0.2, 0.25) is 0 Å². The van der Waals surface area contributed by atoms with E-state index in [0.29, 0.717) is 0 Å². The number of anilines is 1. The average molecular weight is 264 g/mol. The van der Waals surface area contributed by atoms with E-state index in [1.54, 1.807) is 11.8 Å². The van der Waals surface area contributed by atoms with Crippen molar-refractivity contribution in [1.82, 2.24) is 14.9 Å². The lowest BCUT2D eigenvalue weighted by atomic mass is 10.3. The van der Waals surface area contributed by atoms with Crippen LogP contribution in [0.3, 0.4) is 0 Å². The van der Waals surface area contributed by atoms with E-state index in [-0.39, 0.29) is 0 Å². The number of nitrogens with two attached hydrogens (primary N) is 1. The van der Waals surface area contributed by atoms with E-state index >= 15 is 0 Å². The van der Waals surface area contributed by atoms with Gasteiger partial charge in [-0.25, -0.2) is 4.98 Å². The number of nitrogens with one attached hydrogen (secondary N) is 1. The molecule has 0 unspecified atom stereocenters. The predicted octanol–water partition coefficient (Wildman–Crippen LogP) is 2.58. The van der Waals surface area contributed by atoms with Crippen molar-refractivity contribution < 1.29 is 0 Å². The number of nitrogens with zero attached hydrogens (tertiary/aromatic N) is 2. The monoisotopic (exact) mass is 264 g/mol. The summed E-state index contributed by atoms with van der Waals surface area (Å²) in [7, 11) is 0. The summed E-state index contributed by atoms with van der Waals surface area (Å²) >= 11 is 1.76. The molecule has 0 saturated heterocycles. The second-order valence-corrected chi connectivity index (χ2v) is 5.28. The van der Waals surface area contributed by atoms with E-state index in [0.717, 1.165) is 47.3 Å². The molecule has 0 amide bonds. The van der Waals surface area contributed by atoms with Gasteiger partial charge < -0.3 is 15.6 Å². The number of nitrogen functional groups attached to an aromatic ring is 1. The molecule has 1 aromatic carbocycles. The van der Waals surface area contributed by atoms with Crippen LogP contribution in [0.5, 0.6) is 0 Å². The number of hydrogen-bond acceptors (Lipinski definition) is 4. The predicted molar refractivity (Wildman–Crippen MR) is 79.0 cm³/mol. The van der Waals surface area contributed by atoms with Gasteiger partial charge in [0.25, 0.3) is 0 Å². The van der Waals surface area contributed by atoms with Crippen molar-refractivity contribution in [1.29, 1.82) is 0 Å². The van der Waals surface area contributed by atoms with Crippen molar-refractivity contribution in [2.45, 2.75) is 19.0 Å². The Labute approximate surface area is 112 Å². The first kappa shape index (κ1) is 13.2. The molecule has 0 aliphatic carbocycles. The fourth-order valence-electron chi connectivity index (χ4n) is 1.88. The van der Waals surface area contributed by atoms with Gasteiger partial charge >= 0.3 is 0 Å². The van der Waals surface area contributed by atoms with E-state index in [9.17, 15) is 0 Å². The summed E-state index contributed by atoms with van der Waals surface area (Å²) in [5, 5.41) is 0.975. The standard InChI is InChI=1S/C13H20N4S/c1-3-17(4-2)7-8-18-13-15-11-6-5-10(14)9-12(11)16-13/h5-6,9H,3-4,7-8,14H2,1-2H3,(H,15,16). The molecule has 0 radical (unpaired) electrons. The smallest absolute Gasteiger partial charge is 0.166 e. The third-order valence-corrected chi connectivity index (χ3v) is 3.88. The third-order valence-electron chi connectivity index (χ3n) is 3.02. The van der Waals surface area contributed by atoms with Crippen LogP contribution in [-0.4, -0.2) is 40.3 Å². The molecular formula is C13H20N4S. The van der Waals surface area contributed by atoms with Crippen LogP contribution < -0.4 is 5.73 Å². The highest BCUT2D eigenvalue weighted by molar-refractivity contribution is 7.99. The van der Waals surface area contributed by atoms with Gasteiger partial charge in [0.05, 0.1) is 11.0 Å². The normalized spacial score (nSPS) is 11.5. The summed E-state index contributed by atoms with van der Waals surface area (Å²) < 4.78 is 0. The minimum Gasteiger partial charge on any atom is -0.399 e. The second-order valence-electron chi connectivity index (χ2n) is 4.19. The Hall–Kier alpha value is -1.20. The van der Waals surface area contributed by atoms with Gasteiger partial charge in [-0.05, 0) is 31.3 Å². The molecule has 0 atom stereocenters. The van der Waals surface area contributed by atoms with Gasteiger partial charge in [-0.2, -0.15) is 0 Å². The molecule has 5 heteroatoms. The van der Waals surface area contributed by atoms with Crippen molar-refractivity contribution in [2.75, 3.05) is 31.1 Å². The molecule has 4 nitrogen and oxygen atoms in total. The van der Waals surface area contributed by atoms with Crippen LogP contribution in [0, 0.1) is 0 Å². The lowest BCUT2D eigenvalue weighted by Crippen LogP contribution is -2.25. The summed E-state index contributed by atoms with van der Waals surface area (Å²) in [5.41, 5.74) is 8.51. The molecule has 98 valence electrons. The minimum absolute atomic E-state index is 0.769. The summed E-state index contributed by atoms with van der Waals surface area (Å²) in [6.45, 7) is 7.69. The van der Waals surface area contributed by atoms with Crippen molar-refractivity contribution in [3.05, 3.63) is 18.2 Å². The molecule has 0 aliphatic rings. The molecule has 1 aromatic heterocycles. The highest BCUT2D eigenvalue weighted by Gasteiger charge is 2.04. The molecule has 0 spiro atoms. The lowest BCUT2D eigenvalue weighted by molar-refractivity contribution is 0.324. The van der Waals surface area contributed by atoms with Gasteiger partial charge in [-0.3, -0.25) is 0 Å². The zero-order valence-corrected chi connectivity index (χ0v) is 11.8. The largest absolute Gasteiger partial charge is 0.399 e. The van der Waals surface area contributed by atoms with Gasteiger partial charge in [0.1, 0.15) is 0 Å². The van der Waals surface area contributed by atoms with Crippen LogP contribution in [0.4, 0.5) is 5.69 Å². The SMILES string of the molecule is CCN(CC)CCSc1nc2ccc(N)cc2[nH]1. The van der Waals surface area contributed by atoms with Crippen LogP contribution in [0.2, 0.25) is 0 Å². The van der Waals surface area contributed by atoms with Gasteiger partial charge in [0.15, 0.2) is 5.16 Å². The minimum atomic E-state index is 0.769. The maximum Gasteiger partial charge on any atom is 0.166 e. The molecule has 0 bridgehead atoms. The lowest BCUT2D eigenvalue weighted by Gasteiger charge is -2.16. The number of benzene rings is 1. The average Bonchev–Trinajstić information content (AvgIpc) is 2.76. The fraction of sp³-hybridized carbons (Fsp3) is 0.462. The number of imidazole rings is 1. The van der Waals surface area contributed by atoms with E-state index in [4.69, 9.17) is 5.73 Å². The van der Waals surface area contributed by atoms with Gasteiger partial charge in [-0.1, -0.05) is 25.6 Å². The molecule has 0 fully saturated rings. The Bertz CT molecular complexity index is 505. The summed E-state index contributed by atoms with van der Waals surface area (Å²) in [4.78, 5) is 10.2. The Kier molecular flexibility index (Phi) is 4.49. The summed E-state index contributed by atoms with van der Waals surface area (Å²) in [6.07, 6.45) is 0. The van der Waals surface area contributed by atoms with Crippen molar-refractivity contribution in [2.24, 2.45) is 0 Å². The van der Waals surface area contributed by atoms with E-state index in [1.807, 2.05) is 18.2 Å². The van der Waals surface area contributed by atoms with Gasteiger partial charge in [-0.15, -0.1) is 0 Å². The second kappa shape index (κ2) is 6.11. The highest BCUT2D eigenvalue weighted by atomic mass is 32.2. The number of aromatic amines is 1. The number of H-pyrrole nitrogens is 1.